The predicted molar refractivity (Wildman–Crippen MR) is 210 cm³/mol. The van der Waals surface area contributed by atoms with Crippen LogP contribution in [0.1, 0.15) is 99.5 Å². The topological polar surface area (TPSA) is 216 Å². The summed E-state index contributed by atoms with van der Waals surface area (Å²) in [6, 6.07) is 1.32. The van der Waals surface area contributed by atoms with E-state index in [0.717, 1.165) is 16.5 Å². The molecule has 1 aliphatic rings. The first kappa shape index (κ1) is 43.9. The highest BCUT2D eigenvalue weighted by Gasteiger charge is 2.36. The summed E-state index contributed by atoms with van der Waals surface area (Å²) in [5.41, 5.74) is 7.38. The first-order valence-corrected chi connectivity index (χ1v) is 19.6. The number of fused-ring (bicyclic) bond motifs is 1. The van der Waals surface area contributed by atoms with Gasteiger partial charge >= 0.3 is 0 Å². The summed E-state index contributed by atoms with van der Waals surface area (Å²) in [6.07, 6.45) is 4.05. The van der Waals surface area contributed by atoms with Crippen LogP contribution in [0.15, 0.2) is 30.5 Å². The number of H-pyrrole nitrogens is 1. The van der Waals surface area contributed by atoms with Crippen molar-refractivity contribution >= 4 is 46.3 Å². The lowest BCUT2D eigenvalue weighted by molar-refractivity contribution is -0.137. The van der Waals surface area contributed by atoms with E-state index in [2.05, 4.69) is 36.9 Å². The highest BCUT2D eigenvalue weighted by Crippen LogP contribution is 2.20. The molecule has 0 aliphatic carbocycles. The van der Waals surface area contributed by atoms with Gasteiger partial charge in [-0.1, -0.05) is 73.6 Å². The number of aromatic nitrogens is 1. The summed E-state index contributed by atoms with van der Waals surface area (Å²) in [5.74, 6) is -3.79. The van der Waals surface area contributed by atoms with Crippen LogP contribution in [-0.4, -0.2) is 83.2 Å². The molecular formula is C40H64N8O6. The Morgan fingerprint density at radius 3 is 1.50 bits per heavy atom. The molecule has 9 N–H and O–H groups in total. The van der Waals surface area contributed by atoms with Crippen LogP contribution >= 0.6 is 0 Å². The van der Waals surface area contributed by atoms with E-state index in [4.69, 9.17) is 5.73 Å². The molecule has 1 saturated heterocycles. The maximum absolute atomic E-state index is 14.3. The highest BCUT2D eigenvalue weighted by molar-refractivity contribution is 5.98. The molecule has 54 heavy (non-hydrogen) atoms. The van der Waals surface area contributed by atoms with Gasteiger partial charge in [0.2, 0.25) is 35.4 Å². The van der Waals surface area contributed by atoms with Crippen LogP contribution in [0.5, 0.6) is 0 Å². The second-order valence-corrected chi connectivity index (χ2v) is 16.3. The van der Waals surface area contributed by atoms with Crippen LogP contribution in [-0.2, 0) is 35.2 Å². The van der Waals surface area contributed by atoms with Gasteiger partial charge in [0.05, 0.1) is 0 Å². The van der Waals surface area contributed by atoms with Crippen molar-refractivity contribution in [1.82, 2.24) is 36.9 Å². The van der Waals surface area contributed by atoms with Crippen LogP contribution in [0.4, 0.5) is 0 Å². The molecule has 0 spiro atoms. The van der Waals surface area contributed by atoms with Crippen LogP contribution < -0.4 is 37.6 Å². The first-order valence-electron chi connectivity index (χ1n) is 19.6. The molecule has 0 unspecified atom stereocenters. The summed E-state index contributed by atoms with van der Waals surface area (Å²) >= 11 is 0. The largest absolute Gasteiger partial charge is 0.361 e. The molecule has 300 valence electrons. The average Bonchev–Trinajstić information content (AvgIpc) is 3.50. The molecule has 6 amide bonds. The van der Waals surface area contributed by atoms with E-state index in [1.54, 1.807) is 20.0 Å². The van der Waals surface area contributed by atoms with Crippen molar-refractivity contribution in [2.75, 3.05) is 6.54 Å². The Labute approximate surface area is 320 Å². The molecule has 0 radical (unpaired) electrons. The maximum Gasteiger partial charge on any atom is 0.243 e. The van der Waals surface area contributed by atoms with Gasteiger partial charge in [0.25, 0.3) is 0 Å². The normalized spacial score (nSPS) is 24.2. The quantitative estimate of drug-likeness (QED) is 0.143. The highest BCUT2D eigenvalue weighted by atomic mass is 16.2. The molecule has 0 saturated carbocycles. The van der Waals surface area contributed by atoms with Crippen molar-refractivity contribution in [2.45, 2.75) is 137 Å². The molecule has 1 aliphatic heterocycles. The van der Waals surface area contributed by atoms with E-state index < -0.39 is 71.7 Å². The summed E-state index contributed by atoms with van der Waals surface area (Å²) < 4.78 is 0. The Bertz CT molecular complexity index is 1590. The van der Waals surface area contributed by atoms with E-state index in [1.165, 1.54) is 0 Å². The Morgan fingerprint density at radius 1 is 0.556 bits per heavy atom. The minimum absolute atomic E-state index is 0.00597. The fraction of sp³-hybridized carbons (Fsp3) is 0.650. The lowest BCUT2D eigenvalue weighted by Gasteiger charge is -2.31. The smallest absolute Gasteiger partial charge is 0.243 e. The fourth-order valence-corrected chi connectivity index (χ4v) is 6.74. The summed E-state index contributed by atoms with van der Waals surface area (Å²) in [4.78, 5) is 87.4. The molecule has 14 nitrogen and oxygen atoms in total. The number of para-hydroxylation sites is 1. The van der Waals surface area contributed by atoms with Gasteiger partial charge in [0.15, 0.2) is 0 Å². The van der Waals surface area contributed by atoms with Gasteiger partial charge in [-0.2, -0.15) is 0 Å². The number of aromatic amines is 1. The van der Waals surface area contributed by atoms with Gasteiger partial charge in [0, 0.05) is 23.5 Å². The standard InChI is InChI=1S/C40H64N8O6/c1-22(2)17-30-37(51)47-33(20-26-21-42-28-14-10-9-13-27(26)28)38(52)45-31(18-23(3)4)36(50)46-32(19-24(5)6)39(53)48-34(25(7)8)40(54)43-29(35(49)44-30)15-11-12-16-41/h9-10,13-14,21-25,29-34,42H,11-12,15-20,41H2,1-8H3,(H,43,54)(H,44,49)(H,45,52)(H,46,50)(H,47,51)(H,48,53)/t29-,30+,31-,32+,33-,34-/m0/s1. The molecule has 6 atom stereocenters. The monoisotopic (exact) mass is 752 g/mol. The van der Waals surface area contributed by atoms with Crippen molar-refractivity contribution in [3.63, 3.8) is 0 Å². The van der Waals surface area contributed by atoms with Crippen LogP contribution in [0, 0.1) is 23.7 Å². The first-order chi connectivity index (χ1) is 25.5. The number of rotatable bonds is 13. The zero-order chi connectivity index (χ0) is 40.1. The number of nitrogens with one attached hydrogen (secondary N) is 7. The molecule has 2 aromatic rings. The van der Waals surface area contributed by atoms with E-state index in [9.17, 15) is 28.8 Å². The van der Waals surface area contributed by atoms with Crippen LogP contribution in [0.25, 0.3) is 10.9 Å². The van der Waals surface area contributed by atoms with Gasteiger partial charge in [0.1, 0.15) is 36.3 Å². The van der Waals surface area contributed by atoms with Gasteiger partial charge < -0.3 is 42.6 Å². The Kier molecular flexibility index (Phi) is 17.0. The van der Waals surface area contributed by atoms with Gasteiger partial charge in [-0.3, -0.25) is 28.8 Å². The molecular weight excluding hydrogens is 688 g/mol. The number of unbranched alkanes of at least 4 members (excludes halogenated alkanes) is 1. The van der Waals surface area contributed by atoms with Crippen LogP contribution in [0.2, 0.25) is 0 Å². The second kappa shape index (κ2) is 20.8. The Balaban J connectivity index is 2.13. The third-order valence-corrected chi connectivity index (χ3v) is 9.58. The number of benzene rings is 1. The third kappa shape index (κ3) is 13.1. The molecule has 1 aromatic carbocycles. The number of carbonyl (C=O) groups is 6. The lowest BCUT2D eigenvalue weighted by atomic mass is 9.97. The van der Waals surface area contributed by atoms with E-state index >= 15 is 0 Å². The van der Waals surface area contributed by atoms with Crippen molar-refractivity contribution in [1.29, 1.82) is 0 Å². The number of hydrogen-bond acceptors (Lipinski definition) is 7. The zero-order valence-electron chi connectivity index (χ0n) is 33.3. The molecule has 14 heteroatoms. The second-order valence-electron chi connectivity index (χ2n) is 16.3. The van der Waals surface area contributed by atoms with Crippen molar-refractivity contribution in [2.24, 2.45) is 29.4 Å². The molecule has 1 fully saturated rings. The van der Waals surface area contributed by atoms with Gasteiger partial charge in [-0.15, -0.1) is 0 Å². The summed E-state index contributed by atoms with van der Waals surface area (Å²) in [5, 5.41) is 18.0. The SMILES string of the molecule is CC(C)C[C@@H]1NC(=O)[C@H](Cc2c[nH]c3ccccc23)NC(=O)[C@@H](CC(C)C)NC(=O)[C@H](CCCCN)NC(=O)[C@H](C(C)C)NC(=O)[C@@H](CC(C)C)NC1=O. The van der Waals surface area contributed by atoms with Crippen molar-refractivity contribution < 1.29 is 28.8 Å². The maximum atomic E-state index is 14.3. The third-order valence-electron chi connectivity index (χ3n) is 9.58. The van der Waals surface area contributed by atoms with Crippen molar-refractivity contribution in [3.05, 3.63) is 36.0 Å². The van der Waals surface area contributed by atoms with E-state index in [1.807, 2.05) is 65.8 Å². The molecule has 2 heterocycles. The molecule has 0 bridgehead atoms. The average molecular weight is 753 g/mol. The zero-order valence-corrected chi connectivity index (χ0v) is 33.3. The number of hydrogen-bond donors (Lipinski definition) is 8. The van der Waals surface area contributed by atoms with Crippen LogP contribution in [0.3, 0.4) is 0 Å². The summed E-state index contributed by atoms with van der Waals surface area (Å²) in [6.45, 7) is 15.5. The summed E-state index contributed by atoms with van der Waals surface area (Å²) in [7, 11) is 0. The Morgan fingerprint density at radius 2 is 1.00 bits per heavy atom. The minimum atomic E-state index is -1.13. The molecule has 1 aromatic heterocycles. The van der Waals surface area contributed by atoms with E-state index in [0.29, 0.717) is 19.4 Å². The Hall–Kier alpha value is -4.46. The number of carbonyl (C=O) groups excluding carboxylic acids is 6. The number of nitrogens with two attached hydrogens (primary N) is 1. The number of amides is 6. The fourth-order valence-electron chi connectivity index (χ4n) is 6.74. The van der Waals surface area contributed by atoms with E-state index in [-0.39, 0.29) is 55.8 Å². The molecule has 3 rings (SSSR count). The lowest BCUT2D eigenvalue weighted by Crippen LogP contribution is -2.62. The predicted octanol–water partition coefficient (Wildman–Crippen LogP) is 2.56. The minimum Gasteiger partial charge on any atom is -0.361 e. The van der Waals surface area contributed by atoms with Gasteiger partial charge in [-0.05, 0) is 80.4 Å². The van der Waals surface area contributed by atoms with Crippen molar-refractivity contribution in [3.8, 4) is 0 Å². The van der Waals surface area contributed by atoms with Gasteiger partial charge in [-0.25, -0.2) is 0 Å².